The van der Waals surface area contributed by atoms with Gasteiger partial charge in [-0.2, -0.15) is 11.8 Å². The van der Waals surface area contributed by atoms with Crippen LogP contribution in [0, 0.1) is 11.8 Å². The molecule has 3 heteroatoms. The van der Waals surface area contributed by atoms with E-state index in [1.165, 1.54) is 4.88 Å². The summed E-state index contributed by atoms with van der Waals surface area (Å²) in [4.78, 5) is 1.34. The van der Waals surface area contributed by atoms with Gasteiger partial charge in [-0.15, -0.1) is 11.3 Å². The molecule has 0 amide bonds. The molecule has 12 heavy (non-hydrogen) atoms. The lowest BCUT2D eigenvalue weighted by Crippen LogP contribution is -1.73. The topological polar surface area (TPSA) is 20.2 Å². The molecule has 0 aliphatic heterocycles. The number of aliphatic hydroxyl groups is 1. The van der Waals surface area contributed by atoms with E-state index in [0.29, 0.717) is 0 Å². The lowest BCUT2D eigenvalue weighted by atomic mass is 10.3. The van der Waals surface area contributed by atoms with Gasteiger partial charge in [0.1, 0.15) is 6.61 Å². The average Bonchev–Trinajstić information content (AvgIpc) is 2.50. The monoisotopic (exact) mass is 198 g/mol. The van der Waals surface area contributed by atoms with Gasteiger partial charge in [-0.3, -0.25) is 0 Å². The van der Waals surface area contributed by atoms with Gasteiger partial charge in [0.15, 0.2) is 0 Å². The number of aliphatic hydroxyl groups excluding tert-OH is 1. The molecule has 1 heterocycles. The Labute approximate surface area is 80.8 Å². The molecule has 0 bridgehead atoms. The molecule has 1 N–H and O–H groups in total. The highest BCUT2D eigenvalue weighted by Crippen LogP contribution is 2.18. The molecule has 0 radical (unpaired) electrons. The Bertz CT molecular complexity index is 293. The van der Waals surface area contributed by atoms with Gasteiger partial charge in [0, 0.05) is 21.6 Å². The summed E-state index contributed by atoms with van der Waals surface area (Å²) in [5, 5.41) is 10.5. The first kappa shape index (κ1) is 9.66. The second-order valence-electron chi connectivity index (χ2n) is 2.19. The van der Waals surface area contributed by atoms with Gasteiger partial charge in [0.2, 0.25) is 0 Å². The minimum Gasteiger partial charge on any atom is -0.384 e. The first-order valence-corrected chi connectivity index (χ1v) is 5.80. The summed E-state index contributed by atoms with van der Waals surface area (Å²) >= 11 is 3.52. The predicted octanol–water partition coefficient (Wildman–Crippen LogP) is 1.95. The van der Waals surface area contributed by atoms with E-state index in [2.05, 4.69) is 24.2 Å². The van der Waals surface area contributed by atoms with Crippen LogP contribution in [0.3, 0.4) is 0 Å². The third kappa shape index (κ3) is 2.90. The number of hydrogen-bond donors (Lipinski definition) is 1. The lowest BCUT2D eigenvalue weighted by molar-refractivity contribution is 0.350. The smallest absolute Gasteiger partial charge is 0.104 e. The minimum atomic E-state index is -0.0618. The van der Waals surface area contributed by atoms with Gasteiger partial charge in [0.05, 0.1) is 0 Å². The zero-order valence-electron chi connectivity index (χ0n) is 6.83. The van der Waals surface area contributed by atoms with Crippen molar-refractivity contribution in [2.45, 2.75) is 5.75 Å². The molecule has 0 atom stereocenters. The maximum Gasteiger partial charge on any atom is 0.104 e. The van der Waals surface area contributed by atoms with Gasteiger partial charge in [-0.1, -0.05) is 11.8 Å². The quantitative estimate of drug-likeness (QED) is 0.733. The molecule has 0 fully saturated rings. The summed E-state index contributed by atoms with van der Waals surface area (Å²) in [5.74, 6) is 6.55. The van der Waals surface area contributed by atoms with Crippen LogP contribution in [0.4, 0.5) is 0 Å². The summed E-state index contributed by atoms with van der Waals surface area (Å²) < 4.78 is 0. The molecule has 1 aromatic rings. The molecule has 1 nitrogen and oxygen atoms in total. The van der Waals surface area contributed by atoms with E-state index >= 15 is 0 Å². The van der Waals surface area contributed by atoms with Crippen LogP contribution in [0.5, 0.6) is 0 Å². The average molecular weight is 198 g/mol. The fourth-order valence-corrected chi connectivity index (χ4v) is 2.40. The van der Waals surface area contributed by atoms with Crippen LogP contribution >= 0.6 is 23.1 Å². The van der Waals surface area contributed by atoms with Gasteiger partial charge in [-0.25, -0.2) is 0 Å². The van der Waals surface area contributed by atoms with Crippen molar-refractivity contribution in [3.63, 3.8) is 0 Å². The Morgan fingerprint density at radius 2 is 2.50 bits per heavy atom. The Balaban J connectivity index is 2.64. The fraction of sp³-hybridized carbons (Fsp3) is 0.333. The van der Waals surface area contributed by atoms with Crippen molar-refractivity contribution in [1.29, 1.82) is 0 Å². The van der Waals surface area contributed by atoms with Crippen LogP contribution in [0.1, 0.15) is 10.4 Å². The molecule has 0 aliphatic rings. The summed E-state index contributed by atoms with van der Waals surface area (Å²) in [6.07, 6.45) is 2.08. The zero-order valence-corrected chi connectivity index (χ0v) is 8.47. The molecule has 1 rings (SSSR count). The maximum absolute atomic E-state index is 8.46. The fourth-order valence-electron chi connectivity index (χ4n) is 0.806. The van der Waals surface area contributed by atoms with E-state index < -0.39 is 0 Å². The highest BCUT2D eigenvalue weighted by atomic mass is 32.2. The molecule has 1 aromatic heterocycles. The normalized spacial score (nSPS) is 9.17. The number of thiophene rings is 1. The Hall–Kier alpha value is -0.430. The van der Waals surface area contributed by atoms with Crippen molar-refractivity contribution in [2.24, 2.45) is 0 Å². The van der Waals surface area contributed by atoms with Crippen molar-refractivity contribution >= 4 is 23.1 Å². The lowest BCUT2D eigenvalue weighted by Gasteiger charge is -1.86. The summed E-state index contributed by atoms with van der Waals surface area (Å²) in [5.41, 5.74) is 1.01. The van der Waals surface area contributed by atoms with Crippen LogP contribution in [0.25, 0.3) is 0 Å². The van der Waals surface area contributed by atoms with Crippen molar-refractivity contribution in [3.8, 4) is 11.8 Å². The maximum atomic E-state index is 8.46. The molecular formula is C9H10OS2. The molecule has 0 unspecified atom stereocenters. The van der Waals surface area contributed by atoms with E-state index in [9.17, 15) is 0 Å². The summed E-state index contributed by atoms with van der Waals surface area (Å²) in [6.45, 7) is -0.0618. The third-order valence-corrected chi connectivity index (χ3v) is 2.97. The van der Waals surface area contributed by atoms with E-state index in [4.69, 9.17) is 5.11 Å². The summed E-state index contributed by atoms with van der Waals surface area (Å²) in [7, 11) is 0. The van der Waals surface area contributed by atoms with Crippen molar-refractivity contribution in [3.05, 3.63) is 21.9 Å². The Kier molecular flexibility index (Phi) is 4.23. The minimum absolute atomic E-state index is 0.0618. The highest BCUT2D eigenvalue weighted by Gasteiger charge is 1.95. The predicted molar refractivity (Wildman–Crippen MR) is 55.5 cm³/mol. The molecule has 0 saturated carbocycles. The second-order valence-corrected chi connectivity index (χ2v) is 4.06. The zero-order chi connectivity index (χ0) is 8.81. The van der Waals surface area contributed by atoms with E-state index in [-0.39, 0.29) is 6.61 Å². The van der Waals surface area contributed by atoms with Gasteiger partial charge in [-0.05, 0) is 12.3 Å². The van der Waals surface area contributed by atoms with Crippen LogP contribution in [-0.4, -0.2) is 18.0 Å². The van der Waals surface area contributed by atoms with Gasteiger partial charge < -0.3 is 5.11 Å². The molecule has 0 aromatic carbocycles. The first-order valence-electron chi connectivity index (χ1n) is 3.53. The van der Waals surface area contributed by atoms with Gasteiger partial charge in [0.25, 0.3) is 0 Å². The number of thioether (sulfide) groups is 1. The van der Waals surface area contributed by atoms with Crippen molar-refractivity contribution < 1.29 is 5.11 Å². The van der Waals surface area contributed by atoms with Crippen LogP contribution < -0.4 is 0 Å². The van der Waals surface area contributed by atoms with E-state index in [1.807, 2.05) is 5.38 Å². The molecule has 0 spiro atoms. The van der Waals surface area contributed by atoms with Crippen molar-refractivity contribution in [2.75, 3.05) is 12.9 Å². The molecule has 64 valence electrons. The second kappa shape index (κ2) is 5.26. The molecule has 0 saturated heterocycles. The molecule has 0 aliphatic carbocycles. The summed E-state index contributed by atoms with van der Waals surface area (Å²) in [6, 6.07) is 2.07. The van der Waals surface area contributed by atoms with Crippen LogP contribution in [0.15, 0.2) is 11.4 Å². The largest absolute Gasteiger partial charge is 0.384 e. The van der Waals surface area contributed by atoms with Crippen LogP contribution in [-0.2, 0) is 5.75 Å². The third-order valence-electron chi connectivity index (χ3n) is 1.25. The Morgan fingerprint density at radius 3 is 3.17 bits per heavy atom. The Morgan fingerprint density at radius 1 is 1.67 bits per heavy atom. The van der Waals surface area contributed by atoms with E-state index in [0.717, 1.165) is 11.3 Å². The standard InChI is InChI=1S/C9H10OS2/c1-11-7-9-5-8(6-12-9)3-2-4-10/h5-6,10H,4,7H2,1H3. The first-order chi connectivity index (χ1) is 5.86. The van der Waals surface area contributed by atoms with Gasteiger partial charge >= 0.3 is 0 Å². The van der Waals surface area contributed by atoms with Crippen molar-refractivity contribution in [1.82, 2.24) is 0 Å². The van der Waals surface area contributed by atoms with Crippen LogP contribution in [0.2, 0.25) is 0 Å². The highest BCUT2D eigenvalue weighted by molar-refractivity contribution is 7.97. The number of rotatable bonds is 2. The van der Waals surface area contributed by atoms with E-state index in [1.54, 1.807) is 23.1 Å². The molecular weight excluding hydrogens is 188 g/mol. The number of hydrogen-bond acceptors (Lipinski definition) is 3. The SMILES string of the molecule is CSCc1cc(C#CCO)cs1.